The van der Waals surface area contributed by atoms with Crippen LogP contribution in [0.4, 0.5) is 11.6 Å². The molecule has 1 aliphatic carbocycles. The van der Waals surface area contributed by atoms with E-state index >= 15 is 0 Å². The summed E-state index contributed by atoms with van der Waals surface area (Å²) in [6.45, 7) is 2.06. The summed E-state index contributed by atoms with van der Waals surface area (Å²) in [5.41, 5.74) is 5.69. The van der Waals surface area contributed by atoms with Gasteiger partial charge in [0.2, 0.25) is 5.91 Å². The summed E-state index contributed by atoms with van der Waals surface area (Å²) in [4.78, 5) is 20.1. The summed E-state index contributed by atoms with van der Waals surface area (Å²) in [6, 6.07) is 1.57. The van der Waals surface area contributed by atoms with E-state index in [9.17, 15) is 4.79 Å². The van der Waals surface area contributed by atoms with Crippen LogP contribution >= 0.6 is 0 Å². The van der Waals surface area contributed by atoms with Crippen LogP contribution < -0.4 is 16.4 Å². The molecule has 0 bridgehead atoms. The lowest BCUT2D eigenvalue weighted by Gasteiger charge is -2.15. The Morgan fingerprint density at radius 2 is 2.32 bits per heavy atom. The van der Waals surface area contributed by atoms with E-state index in [1.54, 1.807) is 20.1 Å². The Labute approximate surface area is 111 Å². The smallest absolute Gasteiger partial charge is 0.242 e. The summed E-state index contributed by atoms with van der Waals surface area (Å²) in [5.74, 6) is 1.32. The van der Waals surface area contributed by atoms with Crippen LogP contribution in [-0.4, -0.2) is 35.1 Å². The molecule has 1 aromatic rings. The zero-order chi connectivity index (χ0) is 13.8. The van der Waals surface area contributed by atoms with Crippen LogP contribution in [0.1, 0.15) is 25.6 Å². The van der Waals surface area contributed by atoms with Crippen LogP contribution in [0, 0.1) is 0 Å². The Hall–Kier alpha value is -1.89. The second kappa shape index (κ2) is 5.83. The number of ether oxygens (including phenoxy) is 1. The van der Waals surface area contributed by atoms with Gasteiger partial charge in [0.05, 0.1) is 0 Å². The molecule has 1 aromatic heterocycles. The van der Waals surface area contributed by atoms with Crippen molar-refractivity contribution in [1.29, 1.82) is 0 Å². The molecule has 104 valence electrons. The van der Waals surface area contributed by atoms with E-state index < -0.39 is 0 Å². The molecule has 0 spiro atoms. The molecule has 4 N–H and O–H groups in total. The van der Waals surface area contributed by atoms with E-state index in [0.29, 0.717) is 23.5 Å². The second-order valence-electron chi connectivity index (χ2n) is 4.68. The number of aromatic nitrogens is 2. The minimum atomic E-state index is -0.370. The van der Waals surface area contributed by atoms with Gasteiger partial charge < -0.3 is 21.1 Å². The topological polar surface area (TPSA) is 102 Å². The SMILES string of the molecule is COCc1nc(N)cc(NC(C)C(=O)NC2CC2)n1. The maximum atomic E-state index is 11.8. The number of nitrogen functional groups attached to an aromatic ring is 1. The van der Waals surface area contributed by atoms with E-state index in [-0.39, 0.29) is 18.6 Å². The lowest BCUT2D eigenvalue weighted by atomic mass is 10.3. The fraction of sp³-hybridized carbons (Fsp3) is 0.583. The van der Waals surface area contributed by atoms with Crippen molar-refractivity contribution in [3.05, 3.63) is 11.9 Å². The summed E-state index contributed by atoms with van der Waals surface area (Å²) in [5, 5.41) is 5.94. The van der Waals surface area contributed by atoms with Crippen LogP contribution in [0.3, 0.4) is 0 Å². The fourth-order valence-corrected chi connectivity index (χ4v) is 1.63. The summed E-state index contributed by atoms with van der Waals surface area (Å²) < 4.78 is 4.96. The molecular formula is C12H19N5O2. The highest BCUT2D eigenvalue weighted by atomic mass is 16.5. The number of carbonyl (C=O) groups is 1. The Balaban J connectivity index is 1.98. The minimum absolute atomic E-state index is 0.0343. The van der Waals surface area contributed by atoms with Gasteiger partial charge in [-0.15, -0.1) is 0 Å². The van der Waals surface area contributed by atoms with Crippen molar-refractivity contribution in [2.45, 2.75) is 38.5 Å². The minimum Gasteiger partial charge on any atom is -0.384 e. The fourth-order valence-electron chi connectivity index (χ4n) is 1.63. The Morgan fingerprint density at radius 1 is 1.58 bits per heavy atom. The Morgan fingerprint density at radius 3 is 2.95 bits per heavy atom. The lowest BCUT2D eigenvalue weighted by molar-refractivity contribution is -0.121. The normalized spacial score (nSPS) is 15.9. The molecule has 1 unspecified atom stereocenters. The average molecular weight is 265 g/mol. The number of methoxy groups -OCH3 is 1. The maximum Gasteiger partial charge on any atom is 0.242 e. The van der Waals surface area contributed by atoms with Gasteiger partial charge in [0.1, 0.15) is 24.3 Å². The summed E-state index contributed by atoms with van der Waals surface area (Å²) in [6.07, 6.45) is 2.13. The lowest BCUT2D eigenvalue weighted by Crippen LogP contribution is -2.38. The van der Waals surface area contributed by atoms with Crippen LogP contribution in [0.15, 0.2) is 6.07 Å². The number of amides is 1. The molecule has 1 atom stereocenters. The van der Waals surface area contributed by atoms with Gasteiger partial charge in [-0.05, 0) is 19.8 Å². The number of nitrogens with two attached hydrogens (primary N) is 1. The first-order valence-corrected chi connectivity index (χ1v) is 6.27. The molecule has 19 heavy (non-hydrogen) atoms. The van der Waals surface area contributed by atoms with Crippen molar-refractivity contribution in [3.8, 4) is 0 Å². The van der Waals surface area contributed by atoms with Gasteiger partial charge in [0.15, 0.2) is 5.82 Å². The third-order valence-electron chi connectivity index (χ3n) is 2.75. The van der Waals surface area contributed by atoms with E-state index in [4.69, 9.17) is 10.5 Å². The molecule has 1 heterocycles. The third kappa shape index (κ3) is 4.06. The number of hydrogen-bond acceptors (Lipinski definition) is 6. The molecule has 1 amide bonds. The number of nitrogens with zero attached hydrogens (tertiary/aromatic N) is 2. The molecule has 1 aliphatic rings. The van der Waals surface area contributed by atoms with Crippen molar-refractivity contribution in [3.63, 3.8) is 0 Å². The Kier molecular flexibility index (Phi) is 4.16. The maximum absolute atomic E-state index is 11.8. The monoisotopic (exact) mass is 265 g/mol. The van der Waals surface area contributed by atoms with E-state index in [1.807, 2.05) is 0 Å². The van der Waals surface area contributed by atoms with Crippen LogP contribution in [0.25, 0.3) is 0 Å². The number of rotatable bonds is 6. The molecule has 0 aliphatic heterocycles. The third-order valence-corrected chi connectivity index (χ3v) is 2.75. The predicted molar refractivity (Wildman–Crippen MR) is 71.4 cm³/mol. The summed E-state index contributed by atoms with van der Waals surface area (Å²) in [7, 11) is 1.56. The van der Waals surface area contributed by atoms with Crippen molar-refractivity contribution in [1.82, 2.24) is 15.3 Å². The first-order valence-electron chi connectivity index (χ1n) is 6.27. The second-order valence-corrected chi connectivity index (χ2v) is 4.68. The van der Waals surface area contributed by atoms with Gasteiger partial charge in [-0.25, -0.2) is 9.97 Å². The van der Waals surface area contributed by atoms with Gasteiger partial charge in [0, 0.05) is 19.2 Å². The number of nitrogens with one attached hydrogen (secondary N) is 2. The molecule has 1 fully saturated rings. The Bertz CT molecular complexity index is 461. The zero-order valence-corrected chi connectivity index (χ0v) is 11.1. The van der Waals surface area contributed by atoms with Gasteiger partial charge in [-0.2, -0.15) is 0 Å². The van der Waals surface area contributed by atoms with Crippen molar-refractivity contribution < 1.29 is 9.53 Å². The highest BCUT2D eigenvalue weighted by molar-refractivity contribution is 5.84. The molecule has 7 nitrogen and oxygen atoms in total. The van der Waals surface area contributed by atoms with Crippen molar-refractivity contribution in [2.75, 3.05) is 18.2 Å². The van der Waals surface area contributed by atoms with Crippen LogP contribution in [0.5, 0.6) is 0 Å². The molecular weight excluding hydrogens is 246 g/mol. The number of hydrogen-bond donors (Lipinski definition) is 3. The van der Waals surface area contributed by atoms with E-state index in [2.05, 4.69) is 20.6 Å². The zero-order valence-electron chi connectivity index (χ0n) is 11.1. The quantitative estimate of drug-likeness (QED) is 0.683. The number of carbonyl (C=O) groups excluding carboxylic acids is 1. The first kappa shape index (κ1) is 13.5. The van der Waals surface area contributed by atoms with Gasteiger partial charge in [-0.1, -0.05) is 0 Å². The molecule has 1 saturated carbocycles. The molecule has 0 aromatic carbocycles. The molecule has 7 heteroatoms. The largest absolute Gasteiger partial charge is 0.384 e. The van der Waals surface area contributed by atoms with Crippen molar-refractivity contribution in [2.24, 2.45) is 0 Å². The molecule has 2 rings (SSSR count). The number of anilines is 2. The van der Waals surface area contributed by atoms with Crippen LogP contribution in [0.2, 0.25) is 0 Å². The van der Waals surface area contributed by atoms with Crippen molar-refractivity contribution >= 4 is 17.5 Å². The van der Waals surface area contributed by atoms with Crippen LogP contribution in [-0.2, 0) is 16.1 Å². The highest BCUT2D eigenvalue weighted by Gasteiger charge is 2.25. The average Bonchev–Trinajstić information content (AvgIpc) is 3.12. The van der Waals surface area contributed by atoms with Gasteiger partial charge in [-0.3, -0.25) is 4.79 Å². The van der Waals surface area contributed by atoms with Gasteiger partial charge >= 0.3 is 0 Å². The van der Waals surface area contributed by atoms with Gasteiger partial charge in [0.25, 0.3) is 0 Å². The van der Waals surface area contributed by atoms with E-state index in [0.717, 1.165) is 12.8 Å². The van der Waals surface area contributed by atoms with E-state index in [1.165, 1.54) is 0 Å². The summed E-state index contributed by atoms with van der Waals surface area (Å²) >= 11 is 0. The molecule has 0 radical (unpaired) electrons. The first-order chi connectivity index (χ1) is 9.08. The highest BCUT2D eigenvalue weighted by Crippen LogP contribution is 2.19. The standard InChI is InChI=1S/C12H19N5O2/c1-7(12(18)15-8-3-4-8)14-10-5-9(13)16-11(17-10)6-19-2/h5,7-8H,3-4,6H2,1-2H3,(H,15,18)(H3,13,14,16,17). The predicted octanol–water partition coefficient (Wildman–Crippen LogP) is 0.284. The molecule has 0 saturated heterocycles.